The Kier molecular flexibility index (Phi) is 7.53. The molecule has 0 bridgehead atoms. The lowest BCUT2D eigenvalue weighted by Crippen LogP contribution is -2.44. The predicted molar refractivity (Wildman–Crippen MR) is 114 cm³/mol. The number of hydrogen-bond donors (Lipinski definition) is 1. The van der Waals surface area contributed by atoms with Crippen LogP contribution < -0.4 is 10.1 Å². The zero-order chi connectivity index (χ0) is 20.6. The van der Waals surface area contributed by atoms with Gasteiger partial charge in [0.2, 0.25) is 5.91 Å². The van der Waals surface area contributed by atoms with E-state index in [2.05, 4.69) is 17.4 Å². The van der Waals surface area contributed by atoms with Crippen molar-refractivity contribution in [2.45, 2.75) is 25.7 Å². The molecule has 5 nitrogen and oxygen atoms in total. The van der Waals surface area contributed by atoms with Gasteiger partial charge in [0.05, 0.1) is 24.2 Å². The van der Waals surface area contributed by atoms with E-state index in [0.717, 1.165) is 44.5 Å². The van der Waals surface area contributed by atoms with Crippen molar-refractivity contribution in [2.24, 2.45) is 5.92 Å². The molecule has 0 unspecified atom stereocenters. The maximum absolute atomic E-state index is 12.4. The number of nitrogens with one attached hydrogen (secondary N) is 1. The molecule has 1 aliphatic heterocycles. The lowest BCUT2D eigenvalue weighted by molar-refractivity contribution is -0.131. The minimum absolute atomic E-state index is 0.000567. The van der Waals surface area contributed by atoms with E-state index in [1.165, 1.54) is 5.56 Å². The van der Waals surface area contributed by atoms with E-state index in [1.54, 1.807) is 31.4 Å². The number of halogens is 1. The number of amides is 2. The van der Waals surface area contributed by atoms with Gasteiger partial charge in [-0.15, -0.1) is 0 Å². The largest absolute Gasteiger partial charge is 0.497 e. The first-order chi connectivity index (χ1) is 14.1. The van der Waals surface area contributed by atoms with Crippen molar-refractivity contribution in [2.75, 3.05) is 26.7 Å². The molecule has 0 spiro atoms. The quantitative estimate of drug-likeness (QED) is 0.746. The first-order valence-electron chi connectivity index (χ1n) is 10.00. The Morgan fingerprint density at radius 1 is 1.10 bits per heavy atom. The summed E-state index contributed by atoms with van der Waals surface area (Å²) in [6.45, 7) is 1.49. The molecule has 0 aliphatic carbocycles. The highest BCUT2D eigenvalue weighted by Crippen LogP contribution is 2.23. The molecule has 0 radical (unpaired) electrons. The number of carbonyl (C=O) groups excluding carboxylic acids is 2. The Bertz CT molecular complexity index is 830. The van der Waals surface area contributed by atoms with Crippen LogP contribution in [-0.4, -0.2) is 43.5 Å². The second-order valence-corrected chi connectivity index (χ2v) is 7.78. The van der Waals surface area contributed by atoms with Crippen LogP contribution in [0.3, 0.4) is 0 Å². The summed E-state index contributed by atoms with van der Waals surface area (Å²) in [5.74, 6) is 1.14. The molecular formula is C23H27ClN2O3. The van der Waals surface area contributed by atoms with Gasteiger partial charge in [0, 0.05) is 13.1 Å². The molecule has 0 aromatic heterocycles. The molecule has 29 heavy (non-hydrogen) atoms. The Morgan fingerprint density at radius 2 is 1.79 bits per heavy atom. The van der Waals surface area contributed by atoms with E-state index in [4.69, 9.17) is 16.3 Å². The molecule has 3 rings (SSSR count). The molecule has 154 valence electrons. The number of nitrogens with zero attached hydrogens (tertiary/aromatic N) is 1. The van der Waals surface area contributed by atoms with Gasteiger partial charge in [-0.1, -0.05) is 35.9 Å². The van der Waals surface area contributed by atoms with Crippen LogP contribution in [0.1, 0.15) is 35.2 Å². The Hall–Kier alpha value is -2.53. The van der Waals surface area contributed by atoms with Crippen molar-refractivity contribution in [3.8, 4) is 5.75 Å². The van der Waals surface area contributed by atoms with Crippen LogP contribution in [0.4, 0.5) is 0 Å². The highest BCUT2D eigenvalue weighted by atomic mass is 35.5. The minimum Gasteiger partial charge on any atom is -0.497 e. The highest BCUT2D eigenvalue weighted by Gasteiger charge is 2.23. The van der Waals surface area contributed by atoms with Crippen molar-refractivity contribution in [1.82, 2.24) is 10.2 Å². The number of benzene rings is 2. The van der Waals surface area contributed by atoms with Crippen LogP contribution in [0.2, 0.25) is 5.02 Å². The maximum atomic E-state index is 12.4. The first kappa shape index (κ1) is 21.2. The normalized spacial score (nSPS) is 14.5. The summed E-state index contributed by atoms with van der Waals surface area (Å²) >= 11 is 6.03. The number of rotatable bonds is 7. The van der Waals surface area contributed by atoms with E-state index in [0.29, 0.717) is 16.5 Å². The summed E-state index contributed by atoms with van der Waals surface area (Å²) in [7, 11) is 1.67. The van der Waals surface area contributed by atoms with E-state index >= 15 is 0 Å². The van der Waals surface area contributed by atoms with Crippen LogP contribution in [-0.2, 0) is 11.2 Å². The maximum Gasteiger partial charge on any atom is 0.253 e. The van der Waals surface area contributed by atoms with Gasteiger partial charge < -0.3 is 15.0 Å². The van der Waals surface area contributed by atoms with Gasteiger partial charge in [0.25, 0.3) is 5.91 Å². The Balaban J connectivity index is 1.38. The van der Waals surface area contributed by atoms with Gasteiger partial charge in [-0.25, -0.2) is 0 Å². The van der Waals surface area contributed by atoms with E-state index in [-0.39, 0.29) is 18.4 Å². The number of hydrogen-bond acceptors (Lipinski definition) is 3. The van der Waals surface area contributed by atoms with Gasteiger partial charge in [-0.2, -0.15) is 0 Å². The van der Waals surface area contributed by atoms with Gasteiger partial charge >= 0.3 is 0 Å². The lowest BCUT2D eigenvalue weighted by Gasteiger charge is -2.32. The van der Waals surface area contributed by atoms with Gasteiger partial charge in [0.1, 0.15) is 5.75 Å². The molecule has 0 atom stereocenters. The molecule has 1 N–H and O–H groups in total. The zero-order valence-electron chi connectivity index (χ0n) is 16.7. The van der Waals surface area contributed by atoms with Crippen molar-refractivity contribution >= 4 is 23.4 Å². The van der Waals surface area contributed by atoms with Gasteiger partial charge in [0.15, 0.2) is 0 Å². The van der Waals surface area contributed by atoms with E-state index < -0.39 is 0 Å². The molecule has 0 saturated carbocycles. The van der Waals surface area contributed by atoms with Crippen molar-refractivity contribution in [3.05, 3.63) is 64.7 Å². The summed E-state index contributed by atoms with van der Waals surface area (Å²) in [5.41, 5.74) is 1.70. The standard InChI is InChI=1S/C23H27ClN2O3/c1-29-19-10-8-17(9-11-19)6-7-18-12-14-26(15-13-18)22(27)16-25-23(28)20-4-2-3-5-21(20)24/h2-5,8-11,18H,6-7,12-16H2,1H3,(H,25,28). The van der Waals surface area contributed by atoms with Gasteiger partial charge in [-0.05, 0) is 61.4 Å². The Labute approximate surface area is 177 Å². The number of ether oxygens (including phenoxy) is 1. The summed E-state index contributed by atoms with van der Waals surface area (Å²) in [6, 6.07) is 15.0. The SMILES string of the molecule is COc1ccc(CCC2CCN(C(=O)CNC(=O)c3ccccc3Cl)CC2)cc1. The summed E-state index contributed by atoms with van der Waals surface area (Å²) < 4.78 is 5.19. The van der Waals surface area contributed by atoms with E-state index in [9.17, 15) is 9.59 Å². The van der Waals surface area contributed by atoms with Crippen molar-refractivity contribution in [3.63, 3.8) is 0 Å². The summed E-state index contributed by atoms with van der Waals surface area (Å²) in [5, 5.41) is 3.06. The molecular weight excluding hydrogens is 388 g/mol. The third-order valence-electron chi connectivity index (χ3n) is 5.49. The third-order valence-corrected chi connectivity index (χ3v) is 5.82. The topological polar surface area (TPSA) is 58.6 Å². The first-order valence-corrected chi connectivity index (χ1v) is 10.4. The molecule has 1 fully saturated rings. The molecule has 2 aromatic carbocycles. The fourth-order valence-corrected chi connectivity index (χ4v) is 3.86. The molecule has 1 saturated heterocycles. The molecule has 6 heteroatoms. The monoisotopic (exact) mass is 414 g/mol. The van der Waals surface area contributed by atoms with Crippen LogP contribution in [0, 0.1) is 5.92 Å². The number of likely N-dealkylation sites (tertiary alicyclic amines) is 1. The molecule has 2 aromatic rings. The number of methoxy groups -OCH3 is 1. The third kappa shape index (κ3) is 5.97. The summed E-state index contributed by atoms with van der Waals surface area (Å²) in [6.07, 6.45) is 4.16. The number of aryl methyl sites for hydroxylation is 1. The van der Waals surface area contributed by atoms with Crippen LogP contribution >= 0.6 is 11.6 Å². The number of carbonyl (C=O) groups is 2. The zero-order valence-corrected chi connectivity index (χ0v) is 17.5. The van der Waals surface area contributed by atoms with Crippen LogP contribution in [0.5, 0.6) is 5.75 Å². The molecule has 1 heterocycles. The molecule has 2 amide bonds. The van der Waals surface area contributed by atoms with Crippen molar-refractivity contribution < 1.29 is 14.3 Å². The van der Waals surface area contributed by atoms with Crippen molar-refractivity contribution in [1.29, 1.82) is 0 Å². The second kappa shape index (κ2) is 10.3. The fourth-order valence-electron chi connectivity index (χ4n) is 3.64. The average Bonchev–Trinajstić information content (AvgIpc) is 2.77. The lowest BCUT2D eigenvalue weighted by atomic mass is 9.90. The second-order valence-electron chi connectivity index (χ2n) is 7.37. The minimum atomic E-state index is -0.321. The molecule has 1 aliphatic rings. The van der Waals surface area contributed by atoms with E-state index in [1.807, 2.05) is 17.0 Å². The fraction of sp³-hybridized carbons (Fsp3) is 0.391. The highest BCUT2D eigenvalue weighted by molar-refractivity contribution is 6.33. The average molecular weight is 415 g/mol. The summed E-state index contributed by atoms with van der Waals surface area (Å²) in [4.78, 5) is 26.5. The number of piperidine rings is 1. The van der Waals surface area contributed by atoms with Crippen LogP contribution in [0.25, 0.3) is 0 Å². The predicted octanol–water partition coefficient (Wildman–Crippen LogP) is 3.95. The van der Waals surface area contributed by atoms with Crippen LogP contribution in [0.15, 0.2) is 48.5 Å². The van der Waals surface area contributed by atoms with Gasteiger partial charge in [-0.3, -0.25) is 9.59 Å². The Morgan fingerprint density at radius 3 is 2.45 bits per heavy atom. The smallest absolute Gasteiger partial charge is 0.253 e.